The Kier molecular flexibility index (Phi) is 7.50. The number of nitrogens with zero attached hydrogens (tertiary/aromatic N) is 1. The lowest BCUT2D eigenvalue weighted by atomic mass is 9.99. The Morgan fingerprint density at radius 2 is 2.03 bits per heavy atom. The van der Waals surface area contributed by atoms with E-state index < -0.39 is 0 Å². The molecule has 1 heterocycles. The van der Waals surface area contributed by atoms with Crippen LogP contribution in [0.15, 0.2) is 36.4 Å². The van der Waals surface area contributed by atoms with E-state index >= 15 is 0 Å². The number of ether oxygens (including phenoxy) is 2. The van der Waals surface area contributed by atoms with Gasteiger partial charge in [0, 0.05) is 31.3 Å². The maximum absolute atomic E-state index is 14.3. The van der Waals surface area contributed by atoms with Crippen molar-refractivity contribution in [3.8, 4) is 5.75 Å². The van der Waals surface area contributed by atoms with Crippen molar-refractivity contribution in [2.45, 2.75) is 52.6 Å². The Hall–Kier alpha value is -2.56. The Balaban J connectivity index is 1.61. The minimum absolute atomic E-state index is 0.175. The van der Waals surface area contributed by atoms with Gasteiger partial charge >= 0.3 is 5.97 Å². The van der Waals surface area contributed by atoms with Crippen LogP contribution in [0.25, 0.3) is 0 Å². The molecule has 0 N–H and O–H groups in total. The van der Waals surface area contributed by atoms with Gasteiger partial charge in [-0.15, -0.1) is 0 Å². The first-order valence-electron chi connectivity index (χ1n) is 10.5. The molecule has 0 amide bonds. The second-order valence-electron chi connectivity index (χ2n) is 7.40. The average molecular weight is 400 g/mol. The van der Waals surface area contributed by atoms with Crippen LogP contribution >= 0.6 is 0 Å². The zero-order valence-corrected chi connectivity index (χ0v) is 17.4. The number of benzene rings is 2. The molecule has 0 atom stereocenters. The molecule has 5 heteroatoms. The lowest BCUT2D eigenvalue weighted by Crippen LogP contribution is -2.30. The van der Waals surface area contributed by atoms with Gasteiger partial charge in [-0.3, -0.25) is 4.79 Å². The third-order valence-corrected chi connectivity index (χ3v) is 5.19. The summed E-state index contributed by atoms with van der Waals surface area (Å²) in [6.07, 6.45) is 3.94. The standard InChI is InChI=1S/C24H30FNO3/c1-3-13-26-14-5-6-20-8-7-18(15-23(20)26)17-29-21-11-9-19(22(25)16-21)10-12-24(27)28-4-2/h7-9,11,15-16H,3-6,10,12-14,17H2,1-2H3. The Labute approximate surface area is 172 Å². The molecule has 0 fully saturated rings. The van der Waals surface area contributed by atoms with E-state index in [-0.39, 0.29) is 18.2 Å². The second-order valence-corrected chi connectivity index (χ2v) is 7.40. The molecule has 0 spiro atoms. The van der Waals surface area contributed by atoms with Crippen LogP contribution in [0.5, 0.6) is 5.75 Å². The summed E-state index contributed by atoms with van der Waals surface area (Å²) in [7, 11) is 0. The Bertz CT molecular complexity index is 837. The molecule has 0 aromatic heterocycles. The van der Waals surface area contributed by atoms with Crippen LogP contribution in [0, 0.1) is 5.82 Å². The molecule has 2 aromatic carbocycles. The molecule has 4 nitrogen and oxygen atoms in total. The van der Waals surface area contributed by atoms with Crippen LogP contribution in [0.1, 0.15) is 49.8 Å². The van der Waals surface area contributed by atoms with Gasteiger partial charge < -0.3 is 14.4 Å². The van der Waals surface area contributed by atoms with Crippen LogP contribution in [-0.4, -0.2) is 25.7 Å². The molecule has 0 saturated carbocycles. The van der Waals surface area contributed by atoms with Gasteiger partial charge in [0.05, 0.1) is 6.61 Å². The zero-order valence-electron chi connectivity index (χ0n) is 17.4. The number of hydrogen-bond donors (Lipinski definition) is 0. The smallest absolute Gasteiger partial charge is 0.306 e. The van der Waals surface area contributed by atoms with Gasteiger partial charge in [-0.1, -0.05) is 25.1 Å². The summed E-state index contributed by atoms with van der Waals surface area (Å²) in [5, 5.41) is 0. The summed E-state index contributed by atoms with van der Waals surface area (Å²) < 4.78 is 25.1. The summed E-state index contributed by atoms with van der Waals surface area (Å²) in [5.74, 6) is -0.173. The van der Waals surface area contributed by atoms with Gasteiger partial charge in [-0.2, -0.15) is 0 Å². The Morgan fingerprint density at radius 1 is 1.17 bits per heavy atom. The van der Waals surface area contributed by atoms with Crippen molar-refractivity contribution in [2.75, 3.05) is 24.6 Å². The van der Waals surface area contributed by atoms with E-state index in [0.29, 0.717) is 30.9 Å². The van der Waals surface area contributed by atoms with Crippen molar-refractivity contribution >= 4 is 11.7 Å². The minimum atomic E-state index is -0.355. The van der Waals surface area contributed by atoms with Crippen molar-refractivity contribution in [1.29, 1.82) is 0 Å². The SMILES string of the molecule is CCCN1CCCc2ccc(COc3ccc(CCC(=O)OCC)c(F)c3)cc21. The predicted octanol–water partition coefficient (Wildman–Crippen LogP) is 5.06. The number of fused-ring (bicyclic) bond motifs is 1. The quantitative estimate of drug-likeness (QED) is 0.552. The number of rotatable bonds is 9. The molecule has 1 aliphatic heterocycles. The maximum Gasteiger partial charge on any atom is 0.306 e. The van der Waals surface area contributed by atoms with Crippen molar-refractivity contribution in [3.63, 3.8) is 0 Å². The van der Waals surface area contributed by atoms with E-state index in [1.807, 2.05) is 0 Å². The lowest BCUT2D eigenvalue weighted by molar-refractivity contribution is -0.143. The number of carbonyl (C=O) groups is 1. The van der Waals surface area contributed by atoms with Gasteiger partial charge in [-0.25, -0.2) is 4.39 Å². The number of anilines is 1. The van der Waals surface area contributed by atoms with Gasteiger partial charge in [0.25, 0.3) is 0 Å². The molecule has 29 heavy (non-hydrogen) atoms. The zero-order chi connectivity index (χ0) is 20.6. The molecule has 0 saturated heterocycles. The van der Waals surface area contributed by atoms with E-state index in [2.05, 4.69) is 30.0 Å². The highest BCUT2D eigenvalue weighted by Crippen LogP contribution is 2.29. The normalized spacial score (nSPS) is 13.1. The molecule has 0 bridgehead atoms. The van der Waals surface area contributed by atoms with Crippen molar-refractivity contribution in [3.05, 3.63) is 58.9 Å². The third-order valence-electron chi connectivity index (χ3n) is 5.19. The van der Waals surface area contributed by atoms with Gasteiger partial charge in [-0.05, 0) is 61.4 Å². The molecule has 3 rings (SSSR count). The van der Waals surface area contributed by atoms with E-state index in [1.165, 1.54) is 23.7 Å². The maximum atomic E-state index is 14.3. The highest BCUT2D eigenvalue weighted by atomic mass is 19.1. The van der Waals surface area contributed by atoms with Crippen LogP contribution in [-0.2, 0) is 29.0 Å². The summed E-state index contributed by atoms with van der Waals surface area (Å²) in [6, 6.07) is 11.3. The number of esters is 1. The highest BCUT2D eigenvalue weighted by Gasteiger charge is 2.16. The van der Waals surface area contributed by atoms with Crippen molar-refractivity contribution in [1.82, 2.24) is 0 Å². The molecule has 0 aliphatic carbocycles. The first-order valence-corrected chi connectivity index (χ1v) is 10.5. The van der Waals surface area contributed by atoms with Crippen LogP contribution < -0.4 is 9.64 Å². The van der Waals surface area contributed by atoms with E-state index in [4.69, 9.17) is 9.47 Å². The number of hydrogen-bond acceptors (Lipinski definition) is 4. The largest absolute Gasteiger partial charge is 0.489 e. The fourth-order valence-corrected chi connectivity index (χ4v) is 3.75. The summed E-state index contributed by atoms with van der Waals surface area (Å²) >= 11 is 0. The molecule has 2 aromatic rings. The molecule has 1 aliphatic rings. The molecule has 0 radical (unpaired) electrons. The fraction of sp³-hybridized carbons (Fsp3) is 0.458. The Morgan fingerprint density at radius 3 is 2.79 bits per heavy atom. The summed E-state index contributed by atoms with van der Waals surface area (Å²) in [4.78, 5) is 13.9. The molecule has 0 unspecified atom stereocenters. The second kappa shape index (κ2) is 10.3. The van der Waals surface area contributed by atoms with Crippen molar-refractivity contribution in [2.24, 2.45) is 0 Å². The highest BCUT2D eigenvalue weighted by molar-refractivity contribution is 5.69. The number of halogens is 1. The lowest BCUT2D eigenvalue weighted by Gasteiger charge is -2.31. The molecular weight excluding hydrogens is 369 g/mol. The number of aryl methyl sites for hydroxylation is 2. The summed E-state index contributed by atoms with van der Waals surface area (Å²) in [6.45, 7) is 6.86. The van der Waals surface area contributed by atoms with Crippen molar-refractivity contribution < 1.29 is 18.7 Å². The van der Waals surface area contributed by atoms with Gasteiger partial charge in [0.2, 0.25) is 0 Å². The first-order chi connectivity index (χ1) is 14.1. The monoisotopic (exact) mass is 399 g/mol. The third kappa shape index (κ3) is 5.72. The first kappa shape index (κ1) is 21.2. The van der Waals surface area contributed by atoms with E-state index in [1.54, 1.807) is 19.1 Å². The van der Waals surface area contributed by atoms with Crippen LogP contribution in [0.2, 0.25) is 0 Å². The minimum Gasteiger partial charge on any atom is -0.489 e. The van der Waals surface area contributed by atoms with E-state index in [9.17, 15) is 9.18 Å². The van der Waals surface area contributed by atoms with Crippen LogP contribution in [0.3, 0.4) is 0 Å². The van der Waals surface area contributed by atoms with Crippen LogP contribution in [0.4, 0.5) is 10.1 Å². The van der Waals surface area contributed by atoms with E-state index in [0.717, 1.165) is 31.5 Å². The predicted molar refractivity (Wildman–Crippen MR) is 113 cm³/mol. The molecule has 156 valence electrons. The number of carbonyl (C=O) groups excluding carboxylic acids is 1. The van der Waals surface area contributed by atoms with Gasteiger partial charge in [0.15, 0.2) is 0 Å². The average Bonchev–Trinajstić information content (AvgIpc) is 2.72. The topological polar surface area (TPSA) is 38.8 Å². The summed E-state index contributed by atoms with van der Waals surface area (Å²) in [5.41, 5.74) is 4.28. The fourth-order valence-electron chi connectivity index (χ4n) is 3.75. The van der Waals surface area contributed by atoms with Gasteiger partial charge in [0.1, 0.15) is 18.2 Å². The molecular formula is C24H30FNO3.